The molecule has 7 nitrogen and oxygen atoms in total. The Morgan fingerprint density at radius 2 is 2.05 bits per heavy atom. The summed E-state index contributed by atoms with van der Waals surface area (Å²) in [6.07, 6.45) is 1.30. The van der Waals surface area contributed by atoms with E-state index in [2.05, 4.69) is 15.5 Å². The third kappa shape index (κ3) is 1.80. The number of ether oxygens (including phenoxy) is 1. The molecule has 98 valence electrons. The van der Waals surface area contributed by atoms with Crippen molar-refractivity contribution in [2.24, 2.45) is 5.10 Å². The predicted molar refractivity (Wildman–Crippen MR) is 71.6 cm³/mol. The Labute approximate surface area is 110 Å². The molecule has 0 aliphatic carbocycles. The molecule has 1 aliphatic rings. The molecule has 0 saturated carbocycles. The predicted octanol–water partition coefficient (Wildman–Crippen LogP) is 1.43. The number of imidazole rings is 1. The Morgan fingerprint density at radius 1 is 1.26 bits per heavy atom. The van der Waals surface area contributed by atoms with Gasteiger partial charge in [-0.2, -0.15) is 0 Å². The first kappa shape index (κ1) is 11.5. The summed E-state index contributed by atoms with van der Waals surface area (Å²) in [6, 6.07) is 9.80. The number of nitrogens with one attached hydrogen (secondary N) is 1. The highest BCUT2D eigenvalue weighted by molar-refractivity contribution is 5.69. The minimum absolute atomic E-state index is 0.498. The number of hydrogen-bond acceptors (Lipinski definition) is 6. The molecule has 0 radical (unpaired) electrons. The van der Waals surface area contributed by atoms with Crippen molar-refractivity contribution in [2.45, 2.75) is 0 Å². The average molecular weight is 259 g/mol. The molecule has 7 heteroatoms. The molecule has 0 spiro atoms. The smallest absolute Gasteiger partial charge is 0.269 e. The largest absolute Gasteiger partial charge is 0.422 e. The Bertz CT molecular complexity index is 608. The number of benzene rings is 1. The third-order valence-electron chi connectivity index (χ3n) is 2.74. The van der Waals surface area contributed by atoms with Crippen LogP contribution < -0.4 is 15.3 Å². The molecule has 1 N–H and O–H groups in total. The minimum Gasteiger partial charge on any atom is -0.422 e. The van der Waals surface area contributed by atoms with Crippen molar-refractivity contribution in [2.75, 3.05) is 24.8 Å². The lowest BCUT2D eigenvalue weighted by atomic mass is 10.2. The molecular weight excluding hydrogens is 246 g/mol. The lowest BCUT2D eigenvalue weighted by Crippen LogP contribution is -2.22. The topological polar surface area (TPSA) is 63.9 Å². The molecule has 2 aromatic rings. The quantitative estimate of drug-likeness (QED) is 0.903. The van der Waals surface area contributed by atoms with Crippen LogP contribution in [0.4, 0.5) is 5.82 Å². The van der Waals surface area contributed by atoms with Crippen LogP contribution in [-0.2, 0) is 4.84 Å². The monoisotopic (exact) mass is 259 g/mol. The fraction of sp³-hybridized carbons (Fsp3) is 0.167. The van der Waals surface area contributed by atoms with Crippen LogP contribution >= 0.6 is 0 Å². The fourth-order valence-electron chi connectivity index (χ4n) is 1.92. The molecule has 3 rings (SSSR count). The fourth-order valence-corrected chi connectivity index (χ4v) is 1.92. The van der Waals surface area contributed by atoms with Crippen LogP contribution in [0.2, 0.25) is 0 Å². The molecule has 0 fully saturated rings. The van der Waals surface area contributed by atoms with E-state index in [0.717, 1.165) is 11.4 Å². The van der Waals surface area contributed by atoms with Gasteiger partial charge in [0.25, 0.3) is 5.88 Å². The first-order valence-electron chi connectivity index (χ1n) is 5.74. The molecule has 1 aromatic heterocycles. The molecule has 19 heavy (non-hydrogen) atoms. The maximum absolute atomic E-state index is 5.40. The normalized spacial score (nSPS) is 13.1. The molecule has 1 aromatic carbocycles. The first-order valence-corrected chi connectivity index (χ1v) is 5.74. The Hall–Kier alpha value is -2.54. The van der Waals surface area contributed by atoms with Gasteiger partial charge >= 0.3 is 0 Å². The third-order valence-corrected chi connectivity index (χ3v) is 2.74. The van der Waals surface area contributed by atoms with Gasteiger partial charge in [0.2, 0.25) is 12.2 Å². The van der Waals surface area contributed by atoms with Gasteiger partial charge in [0.1, 0.15) is 0 Å². The SMILES string of the molecule is CNn1c(-c2ccccc2)nc2c1OC=NN2OC. The van der Waals surface area contributed by atoms with Crippen LogP contribution in [0.5, 0.6) is 5.88 Å². The maximum Gasteiger partial charge on any atom is 0.269 e. The van der Waals surface area contributed by atoms with Gasteiger partial charge in [-0.15, -0.1) is 10.3 Å². The summed E-state index contributed by atoms with van der Waals surface area (Å²) < 4.78 is 7.14. The van der Waals surface area contributed by atoms with Crippen LogP contribution in [0, 0.1) is 0 Å². The van der Waals surface area contributed by atoms with E-state index in [0.29, 0.717) is 11.7 Å². The Balaban J connectivity index is 2.15. The maximum atomic E-state index is 5.40. The highest BCUT2D eigenvalue weighted by Gasteiger charge is 2.26. The van der Waals surface area contributed by atoms with Gasteiger partial charge in [-0.3, -0.25) is 4.84 Å². The molecule has 0 amide bonds. The molecule has 2 heterocycles. The number of anilines is 1. The average Bonchev–Trinajstić information content (AvgIpc) is 2.86. The summed E-state index contributed by atoms with van der Waals surface area (Å²) in [5.74, 6) is 1.75. The number of nitrogens with zero attached hydrogens (tertiary/aromatic N) is 4. The Kier molecular flexibility index (Phi) is 2.81. The van der Waals surface area contributed by atoms with Gasteiger partial charge in [0.05, 0.1) is 7.11 Å². The van der Waals surface area contributed by atoms with Crippen molar-refractivity contribution in [1.82, 2.24) is 9.66 Å². The molecule has 0 bridgehead atoms. The molecule has 0 atom stereocenters. The number of rotatable bonds is 3. The van der Waals surface area contributed by atoms with E-state index in [9.17, 15) is 0 Å². The van der Waals surface area contributed by atoms with Crippen LogP contribution in [0.25, 0.3) is 11.4 Å². The van der Waals surface area contributed by atoms with E-state index in [1.165, 1.54) is 18.7 Å². The van der Waals surface area contributed by atoms with Crippen molar-refractivity contribution in [3.63, 3.8) is 0 Å². The van der Waals surface area contributed by atoms with E-state index < -0.39 is 0 Å². The minimum atomic E-state index is 0.498. The van der Waals surface area contributed by atoms with Gasteiger partial charge < -0.3 is 10.2 Å². The van der Waals surface area contributed by atoms with Crippen molar-refractivity contribution in [3.8, 4) is 17.3 Å². The molecule has 1 aliphatic heterocycles. The summed E-state index contributed by atoms with van der Waals surface area (Å²) in [6.45, 7) is 0. The number of hydrazone groups is 1. The molecule has 0 unspecified atom stereocenters. The van der Waals surface area contributed by atoms with Crippen LogP contribution in [-0.4, -0.2) is 30.2 Å². The van der Waals surface area contributed by atoms with Crippen molar-refractivity contribution < 1.29 is 9.57 Å². The second-order valence-corrected chi connectivity index (χ2v) is 3.78. The second kappa shape index (κ2) is 4.62. The van der Waals surface area contributed by atoms with Crippen molar-refractivity contribution in [1.29, 1.82) is 0 Å². The summed E-state index contributed by atoms with van der Waals surface area (Å²) in [5, 5.41) is 5.24. The zero-order valence-corrected chi connectivity index (χ0v) is 10.6. The van der Waals surface area contributed by atoms with Crippen LogP contribution in [0.15, 0.2) is 35.4 Å². The standard InChI is InChI=1S/C12H13N5O2/c1-13-16-10(9-6-4-3-5-7-9)15-11-12(16)19-8-14-17(11)18-2/h3-8,13H,1-2H3. The van der Waals surface area contributed by atoms with Gasteiger partial charge in [0, 0.05) is 12.6 Å². The van der Waals surface area contributed by atoms with Gasteiger partial charge in [-0.1, -0.05) is 30.3 Å². The van der Waals surface area contributed by atoms with E-state index in [4.69, 9.17) is 9.57 Å². The molecule has 0 saturated heterocycles. The van der Waals surface area contributed by atoms with E-state index in [1.54, 1.807) is 11.7 Å². The summed E-state index contributed by atoms with van der Waals surface area (Å²) >= 11 is 0. The highest BCUT2D eigenvalue weighted by atomic mass is 16.7. The Morgan fingerprint density at radius 3 is 2.74 bits per heavy atom. The van der Waals surface area contributed by atoms with Gasteiger partial charge in [0.15, 0.2) is 5.82 Å². The summed E-state index contributed by atoms with van der Waals surface area (Å²) in [5.41, 5.74) is 4.00. The van der Waals surface area contributed by atoms with Gasteiger partial charge in [-0.25, -0.2) is 9.66 Å². The zero-order chi connectivity index (χ0) is 13.2. The van der Waals surface area contributed by atoms with Gasteiger partial charge in [-0.05, 0) is 0 Å². The van der Waals surface area contributed by atoms with E-state index >= 15 is 0 Å². The van der Waals surface area contributed by atoms with Crippen molar-refractivity contribution >= 4 is 12.2 Å². The highest BCUT2D eigenvalue weighted by Crippen LogP contribution is 2.34. The lowest BCUT2D eigenvalue weighted by Gasteiger charge is -2.17. The number of hydrogen-bond donors (Lipinski definition) is 1. The zero-order valence-electron chi connectivity index (χ0n) is 10.6. The summed E-state index contributed by atoms with van der Waals surface area (Å²) in [7, 11) is 3.31. The number of fused-ring (bicyclic) bond motifs is 1. The molecular formula is C12H13N5O2. The lowest BCUT2D eigenvalue weighted by molar-refractivity contribution is 0.162. The first-order chi connectivity index (χ1) is 9.35. The van der Waals surface area contributed by atoms with Crippen molar-refractivity contribution in [3.05, 3.63) is 30.3 Å². The van der Waals surface area contributed by atoms with Crippen LogP contribution in [0.1, 0.15) is 0 Å². The summed E-state index contributed by atoms with van der Waals surface area (Å²) in [4.78, 5) is 9.62. The second-order valence-electron chi connectivity index (χ2n) is 3.78. The van der Waals surface area contributed by atoms with Crippen LogP contribution in [0.3, 0.4) is 0 Å². The number of aromatic nitrogens is 2. The van der Waals surface area contributed by atoms with E-state index in [-0.39, 0.29) is 0 Å². The van der Waals surface area contributed by atoms with E-state index in [1.807, 2.05) is 30.3 Å².